The quantitative estimate of drug-likeness (QED) is 0.640. The highest BCUT2D eigenvalue weighted by Gasteiger charge is 2.43. The van der Waals surface area contributed by atoms with Crippen molar-refractivity contribution < 1.29 is 8.42 Å². The van der Waals surface area contributed by atoms with Gasteiger partial charge in [0.2, 0.25) is 0 Å². The van der Waals surface area contributed by atoms with Gasteiger partial charge in [-0.3, -0.25) is 10.7 Å². The molecule has 3 heterocycles. The molecular formula is C18H34N4O2S2. The number of nitrogens with one attached hydrogen (secondary N) is 3. The van der Waals surface area contributed by atoms with E-state index in [9.17, 15) is 8.42 Å². The van der Waals surface area contributed by atoms with Gasteiger partial charge < -0.3 is 5.32 Å². The van der Waals surface area contributed by atoms with Crippen LogP contribution >= 0.6 is 11.8 Å². The zero-order chi connectivity index (χ0) is 18.1. The van der Waals surface area contributed by atoms with E-state index in [4.69, 9.17) is 0 Å². The largest absolute Gasteiger partial charge is 0.301 e. The van der Waals surface area contributed by atoms with Gasteiger partial charge in [-0.1, -0.05) is 0 Å². The minimum Gasteiger partial charge on any atom is -0.301 e. The van der Waals surface area contributed by atoms with Gasteiger partial charge in [-0.25, -0.2) is 13.4 Å². The number of hydrogen-bond acceptors (Lipinski definition) is 7. The van der Waals surface area contributed by atoms with Crippen LogP contribution in [-0.2, 0) is 9.84 Å². The van der Waals surface area contributed by atoms with E-state index in [1.165, 1.54) is 37.7 Å². The Morgan fingerprint density at radius 3 is 2.62 bits per heavy atom. The number of fused-ring (bicyclic) bond motifs is 1. The molecule has 0 aromatic rings. The van der Waals surface area contributed by atoms with Crippen molar-refractivity contribution in [3.05, 3.63) is 0 Å². The summed E-state index contributed by atoms with van der Waals surface area (Å²) in [5, 5.41) is 10.7. The lowest BCUT2D eigenvalue weighted by Gasteiger charge is -2.42. The summed E-state index contributed by atoms with van der Waals surface area (Å²) in [7, 11) is -2.89. The predicted molar refractivity (Wildman–Crippen MR) is 108 cm³/mol. The molecule has 4 unspecified atom stereocenters. The Morgan fingerprint density at radius 2 is 1.92 bits per heavy atom. The molecule has 1 saturated carbocycles. The van der Waals surface area contributed by atoms with Crippen LogP contribution in [0.4, 0.5) is 0 Å². The highest BCUT2D eigenvalue weighted by atomic mass is 32.2. The molecule has 0 amide bonds. The van der Waals surface area contributed by atoms with Gasteiger partial charge in [0.1, 0.15) is 9.84 Å². The van der Waals surface area contributed by atoms with Gasteiger partial charge in [-0.15, -0.1) is 0 Å². The van der Waals surface area contributed by atoms with E-state index in [1.54, 1.807) is 0 Å². The zero-order valence-electron chi connectivity index (χ0n) is 15.8. The normalized spacial score (nSPS) is 42.0. The summed E-state index contributed by atoms with van der Waals surface area (Å²) >= 11 is 2.11. The molecule has 3 aliphatic heterocycles. The first-order valence-electron chi connectivity index (χ1n) is 10.3. The third-order valence-corrected chi connectivity index (χ3v) is 9.82. The molecule has 6 nitrogen and oxygen atoms in total. The molecule has 4 rings (SSSR count). The molecule has 4 atom stereocenters. The third-order valence-electron chi connectivity index (χ3n) is 6.74. The number of hydrazine groups is 1. The first-order chi connectivity index (χ1) is 12.5. The van der Waals surface area contributed by atoms with Gasteiger partial charge in [0, 0.05) is 36.6 Å². The first kappa shape index (κ1) is 19.5. The smallest absolute Gasteiger partial charge is 0.150 e. The Kier molecular flexibility index (Phi) is 6.17. The maximum absolute atomic E-state index is 11.8. The van der Waals surface area contributed by atoms with Gasteiger partial charge in [0.25, 0.3) is 0 Å². The van der Waals surface area contributed by atoms with Crippen molar-refractivity contribution in [3.63, 3.8) is 0 Å². The average molecular weight is 403 g/mol. The van der Waals surface area contributed by atoms with Crippen LogP contribution in [0.25, 0.3) is 0 Å². The summed E-state index contributed by atoms with van der Waals surface area (Å²) < 4.78 is 23.6. The summed E-state index contributed by atoms with van der Waals surface area (Å²) in [5.41, 5.74) is 3.63. The van der Waals surface area contributed by atoms with Gasteiger partial charge in [0.15, 0.2) is 0 Å². The Labute approximate surface area is 162 Å². The standard InChI is InChI=1S/C18H34N4O2S2/c1-26(23,24)16-7-5-14(6-8-16)22-18-13(11-20-22)4-9-17(21-18)19-12-15-3-2-10-25-15/h13-21H,2-12H2,1H3. The molecule has 150 valence electrons. The predicted octanol–water partition coefficient (Wildman–Crippen LogP) is 1.30. The lowest BCUT2D eigenvalue weighted by Crippen LogP contribution is -2.61. The van der Waals surface area contributed by atoms with E-state index in [1.807, 2.05) is 0 Å². The van der Waals surface area contributed by atoms with Crippen molar-refractivity contribution >= 4 is 21.6 Å². The molecule has 4 aliphatic rings. The summed E-state index contributed by atoms with van der Waals surface area (Å²) in [6.45, 7) is 2.17. The second kappa shape index (κ2) is 8.25. The number of piperidine rings is 1. The molecule has 26 heavy (non-hydrogen) atoms. The van der Waals surface area contributed by atoms with E-state index < -0.39 is 9.84 Å². The fourth-order valence-electron chi connectivity index (χ4n) is 5.15. The maximum Gasteiger partial charge on any atom is 0.150 e. The number of rotatable bonds is 5. The van der Waals surface area contributed by atoms with Crippen LogP contribution in [-0.4, -0.2) is 67.4 Å². The molecule has 8 heteroatoms. The highest BCUT2D eigenvalue weighted by molar-refractivity contribution is 8.00. The van der Waals surface area contributed by atoms with Crippen LogP contribution in [0.2, 0.25) is 0 Å². The van der Waals surface area contributed by atoms with E-state index in [0.29, 0.717) is 24.3 Å². The minimum atomic E-state index is -2.89. The van der Waals surface area contributed by atoms with E-state index in [0.717, 1.165) is 44.0 Å². The molecule has 1 aliphatic carbocycles. The summed E-state index contributed by atoms with van der Waals surface area (Å²) in [4.78, 5) is 0. The molecule has 3 saturated heterocycles. The molecule has 0 aromatic carbocycles. The average Bonchev–Trinajstić information content (AvgIpc) is 3.28. The SMILES string of the molecule is CS(=O)(=O)C1CCC(N2NCC3CCC(NCC4CCCS4)NC32)CC1. The van der Waals surface area contributed by atoms with Crippen LogP contribution in [0, 0.1) is 5.92 Å². The highest BCUT2D eigenvalue weighted by Crippen LogP contribution is 2.33. The lowest BCUT2D eigenvalue weighted by molar-refractivity contribution is 0.0408. The molecule has 0 spiro atoms. The minimum absolute atomic E-state index is 0.130. The topological polar surface area (TPSA) is 73.5 Å². The third kappa shape index (κ3) is 4.41. The fraction of sp³-hybridized carbons (Fsp3) is 1.00. The van der Waals surface area contributed by atoms with Gasteiger partial charge in [-0.05, 0) is 57.1 Å². The summed E-state index contributed by atoms with van der Waals surface area (Å²) in [6.07, 6.45) is 10.9. The van der Waals surface area contributed by atoms with Gasteiger partial charge in [-0.2, -0.15) is 11.8 Å². The first-order valence-corrected chi connectivity index (χ1v) is 13.3. The molecule has 0 bridgehead atoms. The van der Waals surface area contributed by atoms with Crippen molar-refractivity contribution in [1.29, 1.82) is 0 Å². The van der Waals surface area contributed by atoms with Crippen molar-refractivity contribution in [2.45, 2.75) is 80.2 Å². The van der Waals surface area contributed by atoms with Crippen molar-refractivity contribution in [2.75, 3.05) is 25.1 Å². The molecule has 4 fully saturated rings. The monoisotopic (exact) mass is 402 g/mol. The van der Waals surface area contributed by atoms with Crippen molar-refractivity contribution in [2.24, 2.45) is 5.92 Å². The van der Waals surface area contributed by atoms with E-state index in [-0.39, 0.29) is 5.25 Å². The number of sulfone groups is 1. The van der Waals surface area contributed by atoms with Crippen LogP contribution in [0.15, 0.2) is 0 Å². The summed E-state index contributed by atoms with van der Waals surface area (Å²) in [6, 6.07) is 0.458. The van der Waals surface area contributed by atoms with Crippen LogP contribution in [0.3, 0.4) is 0 Å². The second-order valence-electron chi connectivity index (χ2n) is 8.57. The molecule has 0 aromatic heterocycles. The Balaban J connectivity index is 1.29. The Bertz CT molecular complexity index is 574. The Morgan fingerprint density at radius 1 is 1.12 bits per heavy atom. The fourth-order valence-corrected chi connectivity index (χ4v) is 7.50. The zero-order valence-corrected chi connectivity index (χ0v) is 17.5. The van der Waals surface area contributed by atoms with Crippen molar-refractivity contribution in [3.8, 4) is 0 Å². The second-order valence-corrected chi connectivity index (χ2v) is 12.3. The molecular weight excluding hydrogens is 368 g/mol. The van der Waals surface area contributed by atoms with E-state index in [2.05, 4.69) is 32.8 Å². The van der Waals surface area contributed by atoms with Crippen LogP contribution in [0.5, 0.6) is 0 Å². The maximum atomic E-state index is 11.8. The lowest BCUT2D eigenvalue weighted by atomic mass is 9.91. The van der Waals surface area contributed by atoms with E-state index >= 15 is 0 Å². The summed E-state index contributed by atoms with van der Waals surface area (Å²) in [5.74, 6) is 1.99. The number of thioether (sulfide) groups is 1. The number of nitrogens with zero attached hydrogens (tertiary/aromatic N) is 1. The Hall–Kier alpha value is 0.140. The van der Waals surface area contributed by atoms with Crippen LogP contribution < -0.4 is 16.1 Å². The van der Waals surface area contributed by atoms with Gasteiger partial charge in [0.05, 0.1) is 17.6 Å². The van der Waals surface area contributed by atoms with Crippen molar-refractivity contribution in [1.82, 2.24) is 21.1 Å². The van der Waals surface area contributed by atoms with Gasteiger partial charge >= 0.3 is 0 Å². The van der Waals surface area contributed by atoms with Crippen LogP contribution in [0.1, 0.15) is 51.4 Å². The number of hydrogen-bond donors (Lipinski definition) is 3. The molecule has 3 N–H and O–H groups in total. The molecule has 0 radical (unpaired) electrons.